The summed E-state index contributed by atoms with van der Waals surface area (Å²) in [5.41, 5.74) is 3.12. The molecular formula is C31H44F3NO2Si. The van der Waals surface area contributed by atoms with Crippen LogP contribution in [0.25, 0.3) is 0 Å². The predicted molar refractivity (Wildman–Crippen MR) is 154 cm³/mol. The van der Waals surface area contributed by atoms with Crippen molar-refractivity contribution in [3.05, 3.63) is 83.9 Å². The number of allylic oxidation sites excluding steroid dienone is 1. The zero-order valence-corrected chi connectivity index (χ0v) is 24.7. The lowest BCUT2D eigenvalue weighted by Crippen LogP contribution is -2.48. The monoisotopic (exact) mass is 547 g/mol. The fourth-order valence-corrected chi connectivity index (χ4v) is 10.8. The molecule has 2 rings (SSSR count). The molecule has 0 saturated heterocycles. The van der Waals surface area contributed by atoms with Crippen molar-refractivity contribution in [1.82, 2.24) is 0 Å². The Morgan fingerprint density at radius 1 is 0.842 bits per heavy atom. The Morgan fingerprint density at radius 2 is 1.37 bits per heavy atom. The summed E-state index contributed by atoms with van der Waals surface area (Å²) in [4.78, 5) is 3.87. The highest BCUT2D eigenvalue weighted by molar-refractivity contribution is 6.77. The Morgan fingerprint density at radius 3 is 1.87 bits per heavy atom. The number of rotatable bonds is 14. The first kappa shape index (κ1) is 31.8. The van der Waals surface area contributed by atoms with Crippen LogP contribution in [0.3, 0.4) is 0 Å². The maximum Gasteiger partial charge on any atom is 0.468 e. The number of aryl methyl sites for hydroxylation is 1. The van der Waals surface area contributed by atoms with Crippen LogP contribution in [0.1, 0.15) is 59.1 Å². The van der Waals surface area contributed by atoms with Crippen LogP contribution in [0.5, 0.6) is 0 Å². The van der Waals surface area contributed by atoms with Crippen molar-refractivity contribution < 1.29 is 22.3 Å². The van der Waals surface area contributed by atoms with E-state index in [9.17, 15) is 13.2 Å². The van der Waals surface area contributed by atoms with E-state index < -0.39 is 26.5 Å². The van der Waals surface area contributed by atoms with E-state index in [1.165, 1.54) is 5.56 Å². The molecule has 1 atom stereocenters. The third-order valence-electron chi connectivity index (χ3n) is 6.98. The van der Waals surface area contributed by atoms with E-state index in [1.807, 2.05) is 66.7 Å². The van der Waals surface area contributed by atoms with Gasteiger partial charge < -0.3 is 9.16 Å². The molecule has 7 heteroatoms. The van der Waals surface area contributed by atoms with E-state index in [0.717, 1.165) is 12.0 Å². The number of hydrogen-bond acceptors (Lipinski definition) is 3. The minimum Gasteiger partial charge on any atom is -0.467 e. The second kappa shape index (κ2) is 15.3. The van der Waals surface area contributed by atoms with Gasteiger partial charge in [-0.25, -0.2) is 4.99 Å². The molecule has 0 radical (unpaired) electrons. The third-order valence-corrected chi connectivity index (χ3v) is 13.1. The third kappa shape index (κ3) is 9.73. The van der Waals surface area contributed by atoms with Gasteiger partial charge in [0.25, 0.3) is 5.90 Å². The molecule has 0 spiro atoms. The first-order valence-corrected chi connectivity index (χ1v) is 15.8. The molecule has 0 aliphatic rings. The Labute approximate surface area is 228 Å². The second-order valence-corrected chi connectivity index (χ2v) is 16.1. The van der Waals surface area contributed by atoms with Crippen LogP contribution in [0, 0.1) is 0 Å². The van der Waals surface area contributed by atoms with Gasteiger partial charge in [0.15, 0.2) is 8.32 Å². The van der Waals surface area contributed by atoms with E-state index in [2.05, 4.69) is 46.5 Å². The van der Waals surface area contributed by atoms with Crippen LogP contribution in [0.4, 0.5) is 13.2 Å². The van der Waals surface area contributed by atoms with Gasteiger partial charge in [-0.15, -0.1) is 0 Å². The maximum absolute atomic E-state index is 14.0. The van der Waals surface area contributed by atoms with Gasteiger partial charge in [0.2, 0.25) is 0 Å². The number of nitrogens with zero attached hydrogens (tertiary/aromatic N) is 1. The lowest BCUT2D eigenvalue weighted by Gasteiger charge is -2.42. The lowest BCUT2D eigenvalue weighted by atomic mass is 10.1. The molecule has 1 unspecified atom stereocenters. The van der Waals surface area contributed by atoms with Gasteiger partial charge in [0.05, 0.1) is 13.2 Å². The number of ether oxygens (including phenoxy) is 1. The van der Waals surface area contributed by atoms with Crippen molar-refractivity contribution in [2.75, 3.05) is 13.2 Å². The summed E-state index contributed by atoms with van der Waals surface area (Å²) in [5, 5.41) is 0. The standard InChI is InChI=1S/C31H44F3NO2Si/c1-24(2)38(25(3)4,26(5)6)36-22-21-35-30(31(32,33)34)37-29(23-28-18-11-8-12-19-28)20-14-13-17-27-15-9-7-10-16-27/h7-12,14-16,18-20,24-26,29H,13,17,21-23H2,1-6H3/b20-14+,35-30?. The molecule has 2 aromatic carbocycles. The van der Waals surface area contributed by atoms with Gasteiger partial charge in [-0.05, 0) is 46.7 Å². The number of hydrogen-bond donors (Lipinski definition) is 0. The molecule has 0 heterocycles. The molecule has 210 valence electrons. The van der Waals surface area contributed by atoms with Crippen LogP contribution in [-0.4, -0.2) is 39.6 Å². The molecule has 0 aliphatic heterocycles. The maximum atomic E-state index is 14.0. The van der Waals surface area contributed by atoms with E-state index in [1.54, 1.807) is 6.08 Å². The summed E-state index contributed by atoms with van der Waals surface area (Å²) in [5.74, 6) is -1.19. The average molecular weight is 548 g/mol. The van der Waals surface area contributed by atoms with Crippen LogP contribution < -0.4 is 0 Å². The number of halogens is 3. The first-order valence-electron chi connectivity index (χ1n) is 13.6. The summed E-state index contributed by atoms with van der Waals surface area (Å²) < 4.78 is 53.8. The Balaban J connectivity index is 2.15. The van der Waals surface area contributed by atoms with Gasteiger partial charge in [-0.1, -0.05) is 108 Å². The molecule has 0 N–H and O–H groups in total. The van der Waals surface area contributed by atoms with Crippen molar-refractivity contribution in [1.29, 1.82) is 0 Å². The van der Waals surface area contributed by atoms with E-state index in [4.69, 9.17) is 9.16 Å². The van der Waals surface area contributed by atoms with Crippen molar-refractivity contribution in [2.24, 2.45) is 4.99 Å². The highest BCUT2D eigenvalue weighted by Crippen LogP contribution is 2.42. The summed E-state index contributed by atoms with van der Waals surface area (Å²) in [6.45, 7) is 13.0. The molecule has 0 fully saturated rings. The molecule has 0 aliphatic carbocycles. The second-order valence-electron chi connectivity index (χ2n) is 10.6. The summed E-state index contributed by atoms with van der Waals surface area (Å²) >= 11 is 0. The van der Waals surface area contributed by atoms with Gasteiger partial charge in [-0.2, -0.15) is 13.2 Å². The fourth-order valence-electron chi connectivity index (χ4n) is 5.34. The van der Waals surface area contributed by atoms with Crippen LogP contribution >= 0.6 is 0 Å². The first-order chi connectivity index (χ1) is 18.0. The molecule has 0 amide bonds. The number of benzene rings is 2. The van der Waals surface area contributed by atoms with Gasteiger partial charge in [-0.3, -0.25) is 0 Å². The topological polar surface area (TPSA) is 30.8 Å². The highest BCUT2D eigenvalue weighted by atomic mass is 28.4. The minimum atomic E-state index is -4.69. The summed E-state index contributed by atoms with van der Waals surface area (Å²) in [6, 6.07) is 19.4. The SMILES string of the molecule is CC(C)[Si](OCCN=C(OC(/C=C/CCc1ccccc1)Cc1ccccc1)C(F)(F)F)(C(C)C)C(C)C. The molecule has 2 aromatic rings. The van der Waals surface area contributed by atoms with Gasteiger partial charge in [0.1, 0.15) is 6.10 Å². The summed E-state index contributed by atoms with van der Waals surface area (Å²) in [6.07, 6.45) is -0.0244. The molecule has 0 saturated carbocycles. The van der Waals surface area contributed by atoms with Crippen molar-refractivity contribution in [3.8, 4) is 0 Å². The lowest BCUT2D eigenvalue weighted by molar-refractivity contribution is -0.0815. The number of alkyl halides is 3. The van der Waals surface area contributed by atoms with Gasteiger partial charge >= 0.3 is 6.18 Å². The van der Waals surface area contributed by atoms with E-state index in [-0.39, 0.29) is 13.2 Å². The van der Waals surface area contributed by atoms with Crippen molar-refractivity contribution >= 4 is 14.2 Å². The average Bonchev–Trinajstić information content (AvgIpc) is 2.85. The molecule has 38 heavy (non-hydrogen) atoms. The van der Waals surface area contributed by atoms with Gasteiger partial charge in [0, 0.05) is 6.42 Å². The minimum absolute atomic E-state index is 0.0917. The van der Waals surface area contributed by atoms with E-state index in [0.29, 0.717) is 29.5 Å². The Kier molecular flexibility index (Phi) is 12.8. The zero-order valence-electron chi connectivity index (χ0n) is 23.7. The van der Waals surface area contributed by atoms with Crippen LogP contribution in [-0.2, 0) is 22.0 Å². The van der Waals surface area contributed by atoms with Crippen LogP contribution in [0.15, 0.2) is 77.8 Å². The summed E-state index contributed by atoms with van der Waals surface area (Å²) in [7, 11) is -2.18. The van der Waals surface area contributed by atoms with Crippen molar-refractivity contribution in [3.63, 3.8) is 0 Å². The molecule has 0 bridgehead atoms. The quantitative estimate of drug-likeness (QED) is 0.0777. The Hall–Kier alpha value is -2.38. The van der Waals surface area contributed by atoms with Crippen molar-refractivity contribution in [2.45, 2.75) is 89.7 Å². The molecule has 0 aromatic heterocycles. The van der Waals surface area contributed by atoms with E-state index >= 15 is 0 Å². The smallest absolute Gasteiger partial charge is 0.467 e. The Bertz CT molecular complexity index is 967. The predicted octanol–water partition coefficient (Wildman–Crippen LogP) is 8.96. The fraction of sp³-hybridized carbons (Fsp3) is 0.516. The zero-order chi connectivity index (χ0) is 28.2. The largest absolute Gasteiger partial charge is 0.468 e. The van der Waals surface area contributed by atoms with Crippen LogP contribution in [0.2, 0.25) is 16.6 Å². The molecule has 3 nitrogen and oxygen atoms in total. The molecular weight excluding hydrogens is 503 g/mol. The highest BCUT2D eigenvalue weighted by Gasteiger charge is 2.45. The normalized spacial score (nSPS) is 14.2. The number of aliphatic imine (C=N–C) groups is 1.